The molecule has 4 aliphatic rings. The topological polar surface area (TPSA) is 101 Å². The summed E-state index contributed by atoms with van der Waals surface area (Å²) < 4.78 is 5.52. The second-order valence-corrected chi connectivity index (χ2v) is 13.3. The van der Waals surface area contributed by atoms with E-state index in [1.165, 1.54) is 11.1 Å². The molecule has 0 atom stereocenters. The average molecular weight is 573 g/mol. The lowest BCUT2D eigenvalue weighted by molar-refractivity contribution is -0.124. The molecule has 7 nitrogen and oxygen atoms in total. The number of aryl methyl sites for hydroxylation is 1. The molecule has 42 heavy (non-hydrogen) atoms. The van der Waals surface area contributed by atoms with Gasteiger partial charge >= 0.3 is 0 Å². The highest BCUT2D eigenvalue weighted by Gasteiger charge is 2.50. The third-order valence-electron chi connectivity index (χ3n) is 10.3. The molecule has 4 aliphatic carbocycles. The van der Waals surface area contributed by atoms with Crippen LogP contribution in [0.15, 0.2) is 47.7 Å². The number of rotatable bonds is 9. The summed E-state index contributed by atoms with van der Waals surface area (Å²) in [5.41, 5.74) is 10.6. The maximum atomic E-state index is 14.2. The number of benzene rings is 1. The number of nitrogens with zero attached hydrogens (tertiary/aromatic N) is 3. The molecular weight excluding hydrogens is 524 g/mol. The third kappa shape index (κ3) is 6.26. The van der Waals surface area contributed by atoms with Gasteiger partial charge < -0.3 is 15.6 Å². The van der Waals surface area contributed by atoms with Gasteiger partial charge in [0.25, 0.3) is 0 Å². The van der Waals surface area contributed by atoms with Gasteiger partial charge in [0.05, 0.1) is 13.2 Å². The lowest BCUT2D eigenvalue weighted by atomic mass is 9.51. The number of hydrogen-bond acceptors (Lipinski definition) is 6. The number of aliphatic imine (C=N–C) groups is 1. The van der Waals surface area contributed by atoms with Gasteiger partial charge in [0.2, 0.25) is 5.91 Å². The Balaban J connectivity index is 1.41. The van der Waals surface area contributed by atoms with E-state index in [-0.39, 0.29) is 34.8 Å². The van der Waals surface area contributed by atoms with E-state index in [1.54, 1.807) is 25.7 Å². The SMILES string of the molecule is COc1ccc(C23CCC(CN(C(=O)C4CCC(O)CC4)c4cc(/C(C=NC(C)C)=C/N)ccn4)(CC2)CC3)cc1C. The Labute approximate surface area is 251 Å². The van der Waals surface area contributed by atoms with Gasteiger partial charge in [0.15, 0.2) is 0 Å². The Morgan fingerprint density at radius 1 is 1.12 bits per heavy atom. The van der Waals surface area contributed by atoms with Crippen LogP contribution in [0.4, 0.5) is 5.82 Å². The highest BCUT2D eigenvalue weighted by Crippen LogP contribution is 2.58. The van der Waals surface area contributed by atoms with Crippen LogP contribution in [-0.4, -0.2) is 48.0 Å². The average Bonchev–Trinajstić information content (AvgIpc) is 3.01. The standard InChI is InChI=1S/C35H48N4O3/c1-24(2)38-22-28(21-36)27-11-18-37-32(20-27)39(33(41)26-5-8-30(40)9-6-26)23-34-12-15-35(16-13-34,17-14-34)29-7-10-31(42-4)25(3)19-29/h7,10-11,18-22,24,26,30,40H,5-6,8-9,12-17,23,36H2,1-4H3/b28-21+,38-22?. The number of aliphatic hydroxyl groups is 1. The van der Waals surface area contributed by atoms with Crippen molar-refractivity contribution in [3.05, 3.63) is 59.4 Å². The molecule has 3 N–H and O–H groups in total. The number of ether oxygens (including phenoxy) is 1. The maximum absolute atomic E-state index is 14.2. The molecule has 0 aliphatic heterocycles. The number of carbonyl (C=O) groups is 1. The Morgan fingerprint density at radius 3 is 2.40 bits per heavy atom. The van der Waals surface area contributed by atoms with Crippen LogP contribution in [0.25, 0.3) is 5.57 Å². The van der Waals surface area contributed by atoms with E-state index in [1.807, 2.05) is 30.9 Å². The molecule has 0 spiro atoms. The largest absolute Gasteiger partial charge is 0.496 e. The van der Waals surface area contributed by atoms with Crippen LogP contribution in [-0.2, 0) is 10.2 Å². The molecule has 7 heteroatoms. The second kappa shape index (κ2) is 12.6. The summed E-state index contributed by atoms with van der Waals surface area (Å²) in [6.45, 7) is 6.87. The number of methoxy groups -OCH3 is 1. The van der Waals surface area contributed by atoms with Gasteiger partial charge in [-0.15, -0.1) is 0 Å². The zero-order valence-electron chi connectivity index (χ0n) is 25.8. The fourth-order valence-corrected chi connectivity index (χ4v) is 7.48. The molecular formula is C35H48N4O3. The van der Waals surface area contributed by atoms with E-state index in [0.717, 1.165) is 68.3 Å². The summed E-state index contributed by atoms with van der Waals surface area (Å²) in [6, 6.07) is 10.8. The van der Waals surface area contributed by atoms with Gasteiger partial charge in [0, 0.05) is 42.7 Å². The van der Waals surface area contributed by atoms with Gasteiger partial charge in [0.1, 0.15) is 11.6 Å². The van der Waals surface area contributed by atoms with Crippen molar-refractivity contribution in [2.45, 2.75) is 103 Å². The monoisotopic (exact) mass is 572 g/mol. The molecule has 2 aromatic rings. The molecule has 2 bridgehead atoms. The molecule has 1 aromatic carbocycles. The molecule has 0 unspecified atom stereocenters. The molecule has 4 fully saturated rings. The molecule has 1 amide bonds. The Hall–Kier alpha value is -3.19. The smallest absolute Gasteiger partial charge is 0.231 e. The van der Waals surface area contributed by atoms with E-state index in [2.05, 4.69) is 30.1 Å². The normalized spacial score (nSPS) is 27.9. The van der Waals surface area contributed by atoms with Gasteiger partial charge in [-0.05, 0) is 131 Å². The molecule has 1 heterocycles. The Bertz CT molecular complexity index is 1300. The second-order valence-electron chi connectivity index (χ2n) is 13.3. The van der Waals surface area contributed by atoms with Crippen LogP contribution < -0.4 is 15.4 Å². The molecule has 226 valence electrons. The Morgan fingerprint density at radius 2 is 1.81 bits per heavy atom. The molecule has 0 saturated heterocycles. The summed E-state index contributed by atoms with van der Waals surface area (Å²) in [7, 11) is 1.73. The predicted octanol–water partition coefficient (Wildman–Crippen LogP) is 6.35. The van der Waals surface area contributed by atoms with Crippen LogP contribution in [0.3, 0.4) is 0 Å². The number of allylic oxidation sites excluding steroid dienone is 1. The fourth-order valence-electron chi connectivity index (χ4n) is 7.48. The summed E-state index contributed by atoms with van der Waals surface area (Å²) in [5.74, 6) is 1.68. The summed E-state index contributed by atoms with van der Waals surface area (Å²) in [5, 5.41) is 10.1. The number of anilines is 1. The minimum atomic E-state index is -0.300. The minimum Gasteiger partial charge on any atom is -0.496 e. The number of nitrogens with two attached hydrogens (primary N) is 1. The first kappa shape index (κ1) is 30.3. The zero-order valence-corrected chi connectivity index (χ0v) is 25.8. The highest BCUT2D eigenvalue weighted by molar-refractivity contribution is 6.10. The van der Waals surface area contributed by atoms with Crippen molar-refractivity contribution in [1.82, 2.24) is 4.98 Å². The first-order valence-electron chi connectivity index (χ1n) is 15.7. The molecule has 6 rings (SSSR count). The van der Waals surface area contributed by atoms with Crippen molar-refractivity contribution in [3.63, 3.8) is 0 Å². The van der Waals surface area contributed by atoms with Gasteiger partial charge in [-0.3, -0.25) is 14.7 Å². The van der Waals surface area contributed by atoms with Crippen molar-refractivity contribution in [3.8, 4) is 5.75 Å². The third-order valence-corrected chi connectivity index (χ3v) is 10.3. The number of carbonyl (C=O) groups excluding carboxylic acids is 1. The van der Waals surface area contributed by atoms with Gasteiger partial charge in [-0.1, -0.05) is 12.1 Å². The van der Waals surface area contributed by atoms with E-state index >= 15 is 0 Å². The first-order valence-corrected chi connectivity index (χ1v) is 15.7. The van der Waals surface area contributed by atoms with Crippen LogP contribution in [0.2, 0.25) is 0 Å². The van der Waals surface area contributed by atoms with Crippen molar-refractivity contribution in [2.75, 3.05) is 18.6 Å². The van der Waals surface area contributed by atoms with E-state index in [4.69, 9.17) is 15.5 Å². The summed E-state index contributed by atoms with van der Waals surface area (Å²) in [4.78, 5) is 25.5. The Kier molecular flexibility index (Phi) is 9.07. The number of hydrogen-bond donors (Lipinski definition) is 2. The fraction of sp³-hybridized carbons (Fsp3) is 0.571. The maximum Gasteiger partial charge on any atom is 0.231 e. The van der Waals surface area contributed by atoms with Crippen molar-refractivity contribution in [2.24, 2.45) is 22.1 Å². The van der Waals surface area contributed by atoms with Crippen LogP contribution in [0.1, 0.15) is 94.7 Å². The number of aliphatic hydroxyl groups excluding tert-OH is 1. The number of fused-ring (bicyclic) bond motifs is 3. The van der Waals surface area contributed by atoms with Crippen molar-refractivity contribution in [1.29, 1.82) is 0 Å². The molecule has 4 saturated carbocycles. The summed E-state index contributed by atoms with van der Waals surface area (Å²) >= 11 is 0. The predicted molar refractivity (Wildman–Crippen MR) is 170 cm³/mol. The summed E-state index contributed by atoms with van der Waals surface area (Å²) in [6.07, 6.45) is 14.3. The highest BCUT2D eigenvalue weighted by atomic mass is 16.5. The lowest BCUT2D eigenvalue weighted by Crippen LogP contribution is -2.52. The van der Waals surface area contributed by atoms with Crippen LogP contribution in [0.5, 0.6) is 5.75 Å². The molecule has 0 radical (unpaired) electrons. The van der Waals surface area contributed by atoms with Crippen LogP contribution >= 0.6 is 0 Å². The van der Waals surface area contributed by atoms with E-state index in [0.29, 0.717) is 25.2 Å². The molecule has 1 aromatic heterocycles. The van der Waals surface area contributed by atoms with Gasteiger partial charge in [-0.2, -0.15) is 0 Å². The number of amides is 1. The number of aromatic nitrogens is 1. The lowest BCUT2D eigenvalue weighted by Gasteiger charge is -2.55. The van der Waals surface area contributed by atoms with Crippen molar-refractivity contribution >= 4 is 23.5 Å². The van der Waals surface area contributed by atoms with Gasteiger partial charge in [-0.25, -0.2) is 4.98 Å². The first-order chi connectivity index (χ1) is 20.2. The van der Waals surface area contributed by atoms with Crippen molar-refractivity contribution < 1.29 is 14.6 Å². The van der Waals surface area contributed by atoms with E-state index < -0.39 is 0 Å². The quantitative estimate of drug-likeness (QED) is 0.341. The minimum absolute atomic E-state index is 0.0798. The van der Waals surface area contributed by atoms with E-state index in [9.17, 15) is 9.90 Å². The zero-order chi connectivity index (χ0) is 29.9. The van der Waals surface area contributed by atoms with Crippen LogP contribution in [0, 0.1) is 18.3 Å². The number of pyridine rings is 1.